The highest BCUT2D eigenvalue weighted by Gasteiger charge is 1.87. The maximum Gasteiger partial charge on any atom is 0.312 e. The van der Waals surface area contributed by atoms with Gasteiger partial charge in [0.2, 0.25) is 0 Å². The average molecular weight is 128 g/mol. The Morgan fingerprint density at radius 2 is 2.33 bits per heavy atom. The SMILES string of the molecule is N#CNCCNC(N)=O. The van der Waals surface area contributed by atoms with Crippen LogP contribution in [-0.2, 0) is 0 Å². The van der Waals surface area contributed by atoms with Crippen LogP contribution >= 0.6 is 0 Å². The Morgan fingerprint density at radius 3 is 2.78 bits per heavy atom. The lowest BCUT2D eigenvalue weighted by molar-refractivity contribution is 0.249. The molecule has 50 valence electrons. The van der Waals surface area contributed by atoms with Crippen molar-refractivity contribution in [2.45, 2.75) is 0 Å². The van der Waals surface area contributed by atoms with E-state index in [2.05, 4.69) is 10.6 Å². The Morgan fingerprint density at radius 1 is 1.67 bits per heavy atom. The Labute approximate surface area is 52.8 Å². The molecule has 4 N–H and O–H groups in total. The molecule has 0 radical (unpaired) electrons. The third-order valence-electron chi connectivity index (χ3n) is 0.628. The largest absolute Gasteiger partial charge is 0.352 e. The van der Waals surface area contributed by atoms with Gasteiger partial charge in [-0.2, -0.15) is 5.26 Å². The fourth-order valence-electron chi connectivity index (χ4n) is 0.304. The Hall–Kier alpha value is -1.44. The van der Waals surface area contributed by atoms with Crippen LogP contribution in [0.15, 0.2) is 0 Å². The highest BCUT2D eigenvalue weighted by molar-refractivity contribution is 5.71. The number of urea groups is 1. The lowest BCUT2D eigenvalue weighted by Crippen LogP contribution is -2.34. The molecule has 0 heterocycles. The van der Waals surface area contributed by atoms with Gasteiger partial charge in [0.1, 0.15) is 0 Å². The Kier molecular flexibility index (Phi) is 3.96. The summed E-state index contributed by atoms with van der Waals surface area (Å²) in [5.74, 6) is 0. The average Bonchev–Trinajstić information content (AvgIpc) is 1.80. The van der Waals surface area contributed by atoms with Crippen molar-refractivity contribution in [2.75, 3.05) is 13.1 Å². The molecule has 5 heteroatoms. The van der Waals surface area contributed by atoms with Crippen molar-refractivity contribution in [3.8, 4) is 6.19 Å². The van der Waals surface area contributed by atoms with Crippen LogP contribution in [0.1, 0.15) is 0 Å². The monoisotopic (exact) mass is 128 g/mol. The fourth-order valence-corrected chi connectivity index (χ4v) is 0.304. The highest BCUT2D eigenvalue weighted by atomic mass is 16.2. The molecule has 0 aromatic carbocycles. The molecule has 0 fully saturated rings. The minimum Gasteiger partial charge on any atom is -0.352 e. The minimum atomic E-state index is -0.574. The number of hydrogen-bond donors (Lipinski definition) is 3. The van der Waals surface area contributed by atoms with E-state index in [1.54, 1.807) is 6.19 Å². The molecule has 0 spiro atoms. The van der Waals surface area contributed by atoms with Crippen LogP contribution in [0.2, 0.25) is 0 Å². The molecule has 0 aliphatic rings. The van der Waals surface area contributed by atoms with Gasteiger partial charge in [-0.1, -0.05) is 0 Å². The second-order valence-electron chi connectivity index (χ2n) is 1.33. The van der Waals surface area contributed by atoms with E-state index in [-0.39, 0.29) is 0 Å². The molecule has 0 saturated heterocycles. The van der Waals surface area contributed by atoms with Gasteiger partial charge in [-0.3, -0.25) is 0 Å². The van der Waals surface area contributed by atoms with Crippen molar-refractivity contribution < 1.29 is 4.79 Å². The normalized spacial score (nSPS) is 7.44. The molecule has 5 nitrogen and oxygen atoms in total. The molecule has 0 atom stereocenters. The zero-order chi connectivity index (χ0) is 7.11. The van der Waals surface area contributed by atoms with Gasteiger partial charge in [-0.05, 0) is 0 Å². The molecule has 2 amide bonds. The number of nitriles is 1. The van der Waals surface area contributed by atoms with Crippen LogP contribution in [0, 0.1) is 11.5 Å². The summed E-state index contributed by atoms with van der Waals surface area (Å²) >= 11 is 0. The third kappa shape index (κ3) is 6.56. The van der Waals surface area contributed by atoms with Gasteiger partial charge in [-0.25, -0.2) is 4.79 Å². The molecule has 0 aliphatic heterocycles. The Bertz CT molecular complexity index is 127. The van der Waals surface area contributed by atoms with Gasteiger partial charge < -0.3 is 16.4 Å². The van der Waals surface area contributed by atoms with Gasteiger partial charge in [0.15, 0.2) is 6.19 Å². The van der Waals surface area contributed by atoms with E-state index in [0.29, 0.717) is 13.1 Å². The number of nitrogens with one attached hydrogen (secondary N) is 2. The van der Waals surface area contributed by atoms with Crippen LogP contribution in [-0.4, -0.2) is 19.1 Å². The van der Waals surface area contributed by atoms with Gasteiger partial charge in [0.25, 0.3) is 0 Å². The second-order valence-corrected chi connectivity index (χ2v) is 1.33. The zero-order valence-corrected chi connectivity index (χ0v) is 4.85. The quantitative estimate of drug-likeness (QED) is 0.251. The van der Waals surface area contributed by atoms with E-state index >= 15 is 0 Å². The molecule has 0 rings (SSSR count). The summed E-state index contributed by atoms with van der Waals surface area (Å²) < 4.78 is 0. The standard InChI is InChI=1S/C4H8N4O/c5-3-7-1-2-8-4(6)9/h7H,1-2H2,(H3,6,8,9). The van der Waals surface area contributed by atoms with Gasteiger partial charge >= 0.3 is 6.03 Å². The number of hydrogen-bond acceptors (Lipinski definition) is 3. The molecular formula is C4H8N4O. The summed E-state index contributed by atoms with van der Waals surface area (Å²) in [4.78, 5) is 9.96. The first kappa shape index (κ1) is 7.56. The smallest absolute Gasteiger partial charge is 0.312 e. The van der Waals surface area contributed by atoms with Crippen molar-refractivity contribution in [2.24, 2.45) is 5.73 Å². The lowest BCUT2D eigenvalue weighted by atomic mass is 10.6. The van der Waals surface area contributed by atoms with Crippen LogP contribution < -0.4 is 16.4 Å². The fraction of sp³-hybridized carbons (Fsp3) is 0.500. The molecule has 0 bridgehead atoms. The van der Waals surface area contributed by atoms with Crippen molar-refractivity contribution in [1.29, 1.82) is 5.26 Å². The summed E-state index contributed by atoms with van der Waals surface area (Å²) in [6.45, 7) is 0.794. The predicted molar refractivity (Wildman–Crippen MR) is 31.2 cm³/mol. The minimum absolute atomic E-state index is 0.378. The number of primary amides is 1. The van der Waals surface area contributed by atoms with E-state index in [4.69, 9.17) is 11.0 Å². The number of carbonyl (C=O) groups excluding carboxylic acids is 1. The van der Waals surface area contributed by atoms with Crippen molar-refractivity contribution in [3.63, 3.8) is 0 Å². The number of nitrogens with two attached hydrogens (primary N) is 1. The van der Waals surface area contributed by atoms with E-state index in [1.165, 1.54) is 0 Å². The highest BCUT2D eigenvalue weighted by Crippen LogP contribution is 1.55. The first-order chi connectivity index (χ1) is 4.27. The number of amides is 2. The maximum absolute atomic E-state index is 9.96. The summed E-state index contributed by atoms with van der Waals surface area (Å²) in [6, 6.07) is -0.574. The van der Waals surface area contributed by atoms with Crippen LogP contribution in [0.3, 0.4) is 0 Å². The third-order valence-corrected chi connectivity index (χ3v) is 0.628. The number of rotatable bonds is 3. The van der Waals surface area contributed by atoms with E-state index in [1.807, 2.05) is 0 Å². The van der Waals surface area contributed by atoms with E-state index in [9.17, 15) is 4.79 Å². The zero-order valence-electron chi connectivity index (χ0n) is 4.85. The predicted octanol–water partition coefficient (Wildman–Crippen LogP) is -1.27. The first-order valence-corrected chi connectivity index (χ1v) is 2.42. The van der Waals surface area contributed by atoms with Gasteiger partial charge in [0.05, 0.1) is 0 Å². The molecule has 9 heavy (non-hydrogen) atoms. The van der Waals surface area contributed by atoms with Gasteiger partial charge in [0, 0.05) is 13.1 Å². The molecular weight excluding hydrogens is 120 g/mol. The van der Waals surface area contributed by atoms with E-state index in [0.717, 1.165) is 0 Å². The molecule has 0 aromatic rings. The topological polar surface area (TPSA) is 90.9 Å². The van der Waals surface area contributed by atoms with Crippen LogP contribution in [0.25, 0.3) is 0 Å². The summed E-state index contributed by atoms with van der Waals surface area (Å²) in [5.41, 5.74) is 4.71. The summed E-state index contributed by atoms with van der Waals surface area (Å²) in [7, 11) is 0. The van der Waals surface area contributed by atoms with E-state index < -0.39 is 6.03 Å². The molecule has 0 saturated carbocycles. The van der Waals surface area contributed by atoms with Crippen molar-refractivity contribution >= 4 is 6.03 Å². The van der Waals surface area contributed by atoms with Crippen LogP contribution in [0.4, 0.5) is 4.79 Å². The van der Waals surface area contributed by atoms with Crippen molar-refractivity contribution in [1.82, 2.24) is 10.6 Å². The van der Waals surface area contributed by atoms with Gasteiger partial charge in [-0.15, -0.1) is 0 Å². The number of carbonyl (C=O) groups is 1. The Balaban J connectivity index is 2.94. The molecule has 0 aromatic heterocycles. The lowest BCUT2D eigenvalue weighted by Gasteiger charge is -1.96. The second kappa shape index (κ2) is 4.71. The first-order valence-electron chi connectivity index (χ1n) is 2.42. The molecule has 0 unspecified atom stereocenters. The maximum atomic E-state index is 9.96. The van der Waals surface area contributed by atoms with Crippen molar-refractivity contribution in [3.05, 3.63) is 0 Å². The number of nitrogens with zero attached hydrogens (tertiary/aromatic N) is 1. The summed E-state index contributed by atoms with van der Waals surface area (Å²) in [6.07, 6.45) is 1.70. The van der Waals surface area contributed by atoms with Crippen LogP contribution in [0.5, 0.6) is 0 Å². The summed E-state index contributed by atoms with van der Waals surface area (Å²) in [5, 5.41) is 12.6. The molecule has 0 aliphatic carbocycles.